The van der Waals surface area contributed by atoms with E-state index < -0.39 is 0 Å². The van der Waals surface area contributed by atoms with E-state index in [4.69, 9.17) is 6.42 Å². The lowest BCUT2D eigenvalue weighted by molar-refractivity contribution is 0.696. The lowest BCUT2D eigenvalue weighted by Gasteiger charge is -2.01. The third-order valence-corrected chi connectivity index (χ3v) is 2.03. The zero-order chi connectivity index (χ0) is 9.68. The Bertz CT molecular complexity index is 287. The van der Waals surface area contributed by atoms with Gasteiger partial charge in [-0.25, -0.2) is 0 Å². The van der Waals surface area contributed by atoms with Crippen LogP contribution in [0.25, 0.3) is 0 Å². The molecular weight excluding hydrogens is 162 g/mol. The minimum absolute atomic E-state index is 0.774. The van der Waals surface area contributed by atoms with E-state index in [0.717, 1.165) is 30.9 Å². The van der Waals surface area contributed by atoms with Crippen molar-refractivity contribution in [2.45, 2.75) is 26.8 Å². The van der Waals surface area contributed by atoms with E-state index in [2.05, 4.69) is 21.4 Å². The Balaban J connectivity index is 2.41. The van der Waals surface area contributed by atoms with Crippen LogP contribution in [0.1, 0.15) is 23.4 Å². The van der Waals surface area contributed by atoms with Crippen molar-refractivity contribution in [3.63, 3.8) is 0 Å². The smallest absolute Gasteiger partial charge is 0.0638 e. The molecule has 0 spiro atoms. The van der Waals surface area contributed by atoms with E-state index in [1.54, 1.807) is 0 Å². The molecule has 2 N–H and O–H groups in total. The maximum atomic E-state index is 5.14. The van der Waals surface area contributed by atoms with Gasteiger partial charge in [0.1, 0.15) is 0 Å². The Morgan fingerprint density at radius 1 is 1.54 bits per heavy atom. The molecule has 0 amide bonds. The van der Waals surface area contributed by atoms with Gasteiger partial charge in [-0.15, -0.1) is 12.3 Å². The zero-order valence-corrected chi connectivity index (χ0v) is 8.15. The lowest BCUT2D eigenvalue weighted by Crippen LogP contribution is -2.15. The summed E-state index contributed by atoms with van der Waals surface area (Å²) in [6.45, 7) is 5.73. The summed E-state index contributed by atoms with van der Waals surface area (Å²) < 4.78 is 0. The average Bonchev–Trinajstić information content (AvgIpc) is 2.42. The summed E-state index contributed by atoms with van der Waals surface area (Å²) >= 11 is 0. The summed E-state index contributed by atoms with van der Waals surface area (Å²) in [7, 11) is 0. The van der Waals surface area contributed by atoms with Crippen LogP contribution in [-0.2, 0) is 6.54 Å². The normalized spacial score (nSPS) is 9.92. The molecule has 3 heteroatoms. The lowest BCUT2D eigenvalue weighted by atomic mass is 10.2. The summed E-state index contributed by atoms with van der Waals surface area (Å²) in [5, 5.41) is 10.3. The molecular formula is C10H15N3. The first kappa shape index (κ1) is 9.82. The third-order valence-electron chi connectivity index (χ3n) is 2.03. The molecule has 0 saturated carbocycles. The number of hydrogen-bond donors (Lipinski definition) is 2. The van der Waals surface area contributed by atoms with Gasteiger partial charge in [0.05, 0.1) is 5.69 Å². The highest BCUT2D eigenvalue weighted by atomic mass is 15.1. The molecule has 0 unspecified atom stereocenters. The predicted molar refractivity (Wildman–Crippen MR) is 53.2 cm³/mol. The number of hydrogen-bond acceptors (Lipinski definition) is 2. The molecule has 1 rings (SSSR count). The molecule has 0 aliphatic carbocycles. The monoisotopic (exact) mass is 177 g/mol. The van der Waals surface area contributed by atoms with Gasteiger partial charge in [-0.05, 0) is 13.8 Å². The Labute approximate surface area is 78.9 Å². The van der Waals surface area contributed by atoms with Crippen molar-refractivity contribution in [3.05, 3.63) is 17.0 Å². The average molecular weight is 177 g/mol. The Morgan fingerprint density at radius 2 is 2.31 bits per heavy atom. The Hall–Kier alpha value is -1.27. The zero-order valence-electron chi connectivity index (χ0n) is 8.15. The molecule has 70 valence electrons. The number of H-pyrrole nitrogens is 1. The van der Waals surface area contributed by atoms with Gasteiger partial charge in [-0.1, -0.05) is 0 Å². The van der Waals surface area contributed by atoms with Crippen LogP contribution in [0.5, 0.6) is 0 Å². The second kappa shape index (κ2) is 4.68. The Kier molecular flexibility index (Phi) is 3.53. The summed E-state index contributed by atoms with van der Waals surface area (Å²) in [6, 6.07) is 0. The molecule has 13 heavy (non-hydrogen) atoms. The van der Waals surface area contributed by atoms with Crippen molar-refractivity contribution >= 4 is 0 Å². The first-order valence-electron chi connectivity index (χ1n) is 4.40. The third kappa shape index (κ3) is 2.60. The summed E-state index contributed by atoms with van der Waals surface area (Å²) in [4.78, 5) is 0. The SMILES string of the molecule is C#CCCNCc1c(C)n[nH]c1C. The van der Waals surface area contributed by atoms with Gasteiger partial charge in [-0.3, -0.25) is 5.10 Å². The fourth-order valence-electron chi connectivity index (χ4n) is 1.21. The second-order valence-electron chi connectivity index (χ2n) is 3.04. The number of aromatic amines is 1. The maximum absolute atomic E-state index is 5.14. The number of rotatable bonds is 4. The maximum Gasteiger partial charge on any atom is 0.0638 e. The Morgan fingerprint density at radius 3 is 2.85 bits per heavy atom. The van der Waals surface area contributed by atoms with Crippen LogP contribution in [0.4, 0.5) is 0 Å². The van der Waals surface area contributed by atoms with Crippen LogP contribution in [-0.4, -0.2) is 16.7 Å². The molecule has 0 bridgehead atoms. The van der Waals surface area contributed by atoms with Gasteiger partial charge >= 0.3 is 0 Å². The van der Waals surface area contributed by atoms with Gasteiger partial charge in [0.2, 0.25) is 0 Å². The molecule has 3 nitrogen and oxygen atoms in total. The quantitative estimate of drug-likeness (QED) is 0.535. The van der Waals surface area contributed by atoms with Crippen LogP contribution in [0.15, 0.2) is 0 Å². The van der Waals surface area contributed by atoms with Gasteiger partial charge in [0.15, 0.2) is 0 Å². The topological polar surface area (TPSA) is 40.7 Å². The van der Waals surface area contributed by atoms with Crippen molar-refractivity contribution in [1.29, 1.82) is 0 Å². The highest BCUT2D eigenvalue weighted by Crippen LogP contribution is 2.07. The van der Waals surface area contributed by atoms with Gasteiger partial charge in [0, 0.05) is 30.8 Å². The minimum atomic E-state index is 0.774. The molecule has 1 aromatic rings. The van der Waals surface area contributed by atoms with Crippen molar-refractivity contribution in [2.75, 3.05) is 6.54 Å². The summed E-state index contributed by atoms with van der Waals surface area (Å²) in [5.41, 5.74) is 3.44. The number of nitrogens with zero attached hydrogens (tertiary/aromatic N) is 1. The molecule has 0 aliphatic heterocycles. The number of terminal acetylenes is 1. The fourth-order valence-corrected chi connectivity index (χ4v) is 1.21. The van der Waals surface area contributed by atoms with E-state index in [1.807, 2.05) is 13.8 Å². The van der Waals surface area contributed by atoms with Crippen LogP contribution in [0, 0.1) is 26.2 Å². The van der Waals surface area contributed by atoms with E-state index in [1.165, 1.54) is 5.56 Å². The summed E-state index contributed by atoms with van der Waals surface area (Å²) in [6.07, 6.45) is 5.91. The van der Waals surface area contributed by atoms with E-state index in [0.29, 0.717) is 0 Å². The van der Waals surface area contributed by atoms with Crippen molar-refractivity contribution in [1.82, 2.24) is 15.5 Å². The molecule has 1 aromatic heterocycles. The van der Waals surface area contributed by atoms with Crippen LogP contribution < -0.4 is 5.32 Å². The molecule has 0 aliphatic rings. The van der Waals surface area contributed by atoms with Gasteiger partial charge in [0.25, 0.3) is 0 Å². The molecule has 0 aromatic carbocycles. The van der Waals surface area contributed by atoms with Gasteiger partial charge < -0.3 is 5.32 Å². The highest BCUT2D eigenvalue weighted by molar-refractivity contribution is 5.22. The minimum Gasteiger partial charge on any atom is -0.312 e. The van der Waals surface area contributed by atoms with Crippen LogP contribution >= 0.6 is 0 Å². The van der Waals surface area contributed by atoms with E-state index in [-0.39, 0.29) is 0 Å². The number of nitrogens with one attached hydrogen (secondary N) is 2. The first-order chi connectivity index (χ1) is 6.25. The summed E-state index contributed by atoms with van der Waals surface area (Å²) in [5.74, 6) is 2.59. The molecule has 0 atom stereocenters. The van der Waals surface area contributed by atoms with E-state index in [9.17, 15) is 0 Å². The highest BCUT2D eigenvalue weighted by Gasteiger charge is 2.04. The predicted octanol–water partition coefficient (Wildman–Crippen LogP) is 1.14. The fraction of sp³-hybridized carbons (Fsp3) is 0.500. The number of aryl methyl sites for hydroxylation is 2. The van der Waals surface area contributed by atoms with E-state index >= 15 is 0 Å². The van der Waals surface area contributed by atoms with Crippen molar-refractivity contribution in [3.8, 4) is 12.3 Å². The molecule has 0 fully saturated rings. The molecule has 0 saturated heterocycles. The van der Waals surface area contributed by atoms with Crippen LogP contribution in [0.2, 0.25) is 0 Å². The molecule has 0 radical (unpaired) electrons. The molecule has 1 heterocycles. The van der Waals surface area contributed by atoms with Crippen molar-refractivity contribution < 1.29 is 0 Å². The first-order valence-corrected chi connectivity index (χ1v) is 4.40. The largest absolute Gasteiger partial charge is 0.312 e. The number of aromatic nitrogens is 2. The van der Waals surface area contributed by atoms with Gasteiger partial charge in [-0.2, -0.15) is 5.10 Å². The standard InChI is InChI=1S/C10H15N3/c1-4-5-6-11-7-10-8(2)12-13-9(10)3/h1,11H,5-7H2,2-3H3,(H,12,13). The van der Waals surface area contributed by atoms with Crippen molar-refractivity contribution in [2.24, 2.45) is 0 Å². The second-order valence-corrected chi connectivity index (χ2v) is 3.04. The van der Waals surface area contributed by atoms with Crippen LogP contribution in [0.3, 0.4) is 0 Å².